The van der Waals surface area contributed by atoms with Crippen molar-refractivity contribution in [2.24, 2.45) is 0 Å². The number of carbonyl (C=O) groups is 1. The van der Waals surface area contributed by atoms with E-state index in [0.29, 0.717) is 0 Å². The molecule has 0 bridgehead atoms. The molecule has 0 aliphatic carbocycles. The molecule has 0 rings (SSSR count). The van der Waals surface area contributed by atoms with E-state index in [-0.39, 0.29) is 4.73 Å². The van der Waals surface area contributed by atoms with Crippen molar-refractivity contribution in [2.75, 3.05) is 0 Å². The van der Waals surface area contributed by atoms with Crippen LogP contribution < -0.4 is 0 Å². The third-order valence-corrected chi connectivity index (χ3v) is 0.624. The molecule has 1 N–H and O–H groups in total. The Bertz CT molecular complexity index is 42.9. The van der Waals surface area contributed by atoms with Crippen molar-refractivity contribution in [1.29, 1.82) is 0 Å². The fourth-order valence-corrected chi connectivity index (χ4v) is 0. The van der Waals surface area contributed by atoms with E-state index in [1.54, 1.807) is 20.4 Å². The Morgan fingerprint density at radius 1 is 2.00 bits per heavy atom. The summed E-state index contributed by atoms with van der Waals surface area (Å²) in [7, 11) is 0. The zero-order valence-electron chi connectivity index (χ0n) is 2.56. The molecule has 27 valence electrons. The van der Waals surface area contributed by atoms with Gasteiger partial charge in [0.2, 0.25) is 0 Å². The summed E-state index contributed by atoms with van der Waals surface area (Å²) in [6.07, 6.45) is 0. The molecule has 3 heteroatoms. The predicted octanol–water partition coefficient (Wildman–Crippen LogP) is 0.0361. The van der Waals surface area contributed by atoms with Crippen molar-refractivity contribution in [3.8, 4) is 0 Å². The SMILES string of the molecule is O=C(O)[CH2][Ti]. The van der Waals surface area contributed by atoms with Crippen molar-refractivity contribution in [1.82, 2.24) is 0 Å². The number of rotatable bonds is 1. The standard InChI is InChI=1S/C2H3O2.Ti/c1-2(3)4;/h1H2,(H,3,4);. The van der Waals surface area contributed by atoms with Crippen LogP contribution >= 0.6 is 0 Å². The van der Waals surface area contributed by atoms with Crippen LogP contribution in [0.25, 0.3) is 0 Å². The number of hydrogen-bond donors (Lipinski definition) is 1. The molecule has 0 amide bonds. The van der Waals surface area contributed by atoms with Crippen LogP contribution in [-0.4, -0.2) is 11.1 Å². The average Bonchev–Trinajstić information content (AvgIpc) is 1.38. The second kappa shape index (κ2) is 2.42. The minimum absolute atomic E-state index is 0.222. The molecule has 0 radical (unpaired) electrons. The van der Waals surface area contributed by atoms with Crippen LogP contribution in [0.2, 0.25) is 4.73 Å². The van der Waals surface area contributed by atoms with Gasteiger partial charge in [-0.3, -0.25) is 0 Å². The van der Waals surface area contributed by atoms with E-state index in [1.807, 2.05) is 0 Å². The van der Waals surface area contributed by atoms with Crippen molar-refractivity contribution in [2.45, 2.75) is 4.73 Å². The quantitative estimate of drug-likeness (QED) is 0.480. The summed E-state index contributed by atoms with van der Waals surface area (Å²) in [4.78, 5) is 9.37. The summed E-state index contributed by atoms with van der Waals surface area (Å²) in [5.74, 6) is -0.745. The van der Waals surface area contributed by atoms with E-state index >= 15 is 0 Å². The summed E-state index contributed by atoms with van der Waals surface area (Å²) in [6, 6.07) is 0. The molecule has 2 nitrogen and oxygen atoms in total. The fraction of sp³-hybridized carbons (Fsp3) is 0.500. The van der Waals surface area contributed by atoms with Crippen molar-refractivity contribution >= 4 is 5.97 Å². The fourth-order valence-electron chi connectivity index (χ4n) is 0. The van der Waals surface area contributed by atoms with Crippen LogP contribution in [0.5, 0.6) is 0 Å². The molecule has 0 aliphatic heterocycles. The first kappa shape index (κ1) is 5.18. The Balaban J connectivity index is 2.85. The van der Waals surface area contributed by atoms with Crippen molar-refractivity contribution < 1.29 is 30.3 Å². The van der Waals surface area contributed by atoms with Gasteiger partial charge in [0.15, 0.2) is 0 Å². The van der Waals surface area contributed by atoms with Crippen LogP contribution in [0, 0.1) is 0 Å². The summed E-state index contributed by atoms with van der Waals surface area (Å²) in [5, 5.41) is 7.72. The van der Waals surface area contributed by atoms with E-state index in [0.717, 1.165) is 0 Å². The van der Waals surface area contributed by atoms with Gasteiger partial charge in [0.25, 0.3) is 0 Å². The predicted molar refractivity (Wildman–Crippen MR) is 12.4 cm³/mol. The third-order valence-electron chi connectivity index (χ3n) is 0.151. The molecule has 0 aliphatic rings. The van der Waals surface area contributed by atoms with Gasteiger partial charge in [-0.05, 0) is 0 Å². The molecular weight excluding hydrogens is 104 g/mol. The van der Waals surface area contributed by atoms with Crippen molar-refractivity contribution in [3.05, 3.63) is 0 Å². The molecule has 0 spiro atoms. The summed E-state index contributed by atoms with van der Waals surface area (Å²) >= 11 is 1.60. The Morgan fingerprint density at radius 3 is 2.20 bits per heavy atom. The molecule has 0 fully saturated rings. The van der Waals surface area contributed by atoms with Gasteiger partial charge < -0.3 is 0 Å². The Kier molecular flexibility index (Phi) is 2.51. The summed E-state index contributed by atoms with van der Waals surface area (Å²) in [5.41, 5.74) is 0. The summed E-state index contributed by atoms with van der Waals surface area (Å²) in [6.45, 7) is 0. The Morgan fingerprint density at radius 2 is 2.20 bits per heavy atom. The van der Waals surface area contributed by atoms with Gasteiger partial charge in [0.1, 0.15) is 0 Å². The first-order valence-corrected chi connectivity index (χ1v) is 2.24. The monoisotopic (exact) mass is 107 g/mol. The molecule has 0 aromatic carbocycles. The molecule has 0 aromatic rings. The molecule has 0 unspecified atom stereocenters. The Labute approximate surface area is 41.6 Å². The van der Waals surface area contributed by atoms with Gasteiger partial charge in [0, 0.05) is 0 Å². The van der Waals surface area contributed by atoms with Gasteiger partial charge in [-0.1, -0.05) is 0 Å². The molecule has 0 saturated carbocycles. The summed E-state index contributed by atoms with van der Waals surface area (Å²) < 4.78 is 0.222. The van der Waals surface area contributed by atoms with Crippen LogP contribution in [0.4, 0.5) is 0 Å². The minimum atomic E-state index is -0.745. The molecule has 5 heavy (non-hydrogen) atoms. The van der Waals surface area contributed by atoms with E-state index in [1.165, 1.54) is 0 Å². The van der Waals surface area contributed by atoms with Crippen molar-refractivity contribution in [3.63, 3.8) is 0 Å². The molecule has 0 atom stereocenters. The second-order valence-electron chi connectivity index (χ2n) is 0.571. The third kappa shape index (κ3) is 4.18. The van der Waals surface area contributed by atoms with Gasteiger partial charge in [-0.2, -0.15) is 0 Å². The molecule has 0 saturated heterocycles. The van der Waals surface area contributed by atoms with E-state index < -0.39 is 5.97 Å². The topological polar surface area (TPSA) is 37.3 Å². The van der Waals surface area contributed by atoms with E-state index in [2.05, 4.69) is 0 Å². The zero-order chi connectivity index (χ0) is 4.28. The number of carboxylic acids is 1. The first-order valence-electron chi connectivity index (χ1n) is 1.13. The van der Waals surface area contributed by atoms with E-state index in [9.17, 15) is 4.79 Å². The van der Waals surface area contributed by atoms with Crippen LogP contribution in [0.1, 0.15) is 0 Å². The first-order chi connectivity index (χ1) is 2.27. The normalized spacial score (nSPS) is 7.00. The van der Waals surface area contributed by atoms with Crippen LogP contribution in [0.15, 0.2) is 0 Å². The maximum atomic E-state index is 9.37. The second-order valence-corrected chi connectivity index (χ2v) is 1.12. The van der Waals surface area contributed by atoms with Gasteiger partial charge >= 0.3 is 41.0 Å². The van der Waals surface area contributed by atoms with E-state index in [4.69, 9.17) is 5.11 Å². The maximum absolute atomic E-state index is 9.37. The zero-order valence-corrected chi connectivity index (χ0v) is 4.12. The number of carboxylic acid groups (broad SMARTS) is 1. The Hall–Kier alpha value is 0.184. The number of hydrogen-bond acceptors (Lipinski definition) is 1. The average molecular weight is 107 g/mol. The molecule has 0 heterocycles. The van der Waals surface area contributed by atoms with Gasteiger partial charge in [0.05, 0.1) is 0 Å². The number of aliphatic carboxylic acids is 1. The van der Waals surface area contributed by atoms with Crippen LogP contribution in [-0.2, 0) is 25.2 Å². The van der Waals surface area contributed by atoms with Gasteiger partial charge in [-0.25, -0.2) is 0 Å². The molecular formula is C2H3O2Ti. The van der Waals surface area contributed by atoms with Crippen LogP contribution in [0.3, 0.4) is 0 Å². The van der Waals surface area contributed by atoms with Gasteiger partial charge in [-0.15, -0.1) is 0 Å². The molecule has 0 aromatic heterocycles.